The van der Waals surface area contributed by atoms with Gasteiger partial charge in [-0.1, -0.05) is 0 Å². The molecule has 7 heteroatoms. The minimum absolute atomic E-state index is 0.168. The summed E-state index contributed by atoms with van der Waals surface area (Å²) in [6.45, 7) is 3.13. The van der Waals surface area contributed by atoms with Gasteiger partial charge in [0.05, 0.1) is 17.1 Å². The van der Waals surface area contributed by atoms with Crippen LogP contribution in [0.15, 0.2) is 0 Å². The van der Waals surface area contributed by atoms with E-state index in [0.29, 0.717) is 11.4 Å². The normalized spacial score (nSPS) is 10.2. The van der Waals surface area contributed by atoms with Crippen molar-refractivity contribution in [3.8, 4) is 0 Å². The average Bonchev–Trinajstić information content (AvgIpc) is 2.54. The maximum Gasteiger partial charge on any atom is 0.332 e. The van der Waals surface area contributed by atoms with Crippen molar-refractivity contribution in [3.63, 3.8) is 0 Å². The molecular weight excluding hydrogens is 238 g/mol. The number of nitrogens with one attached hydrogen (secondary N) is 1. The Morgan fingerprint density at radius 1 is 1.33 bits per heavy atom. The Morgan fingerprint density at radius 3 is 2.50 bits per heavy atom. The first-order chi connectivity index (χ1) is 8.45. The number of methoxy groups -OCH3 is 1. The molecule has 7 nitrogen and oxygen atoms in total. The number of amides is 1. The van der Waals surface area contributed by atoms with Gasteiger partial charge in [0.15, 0.2) is 6.61 Å². The fraction of sp³-hybridized carbons (Fsp3) is 0.545. The molecule has 0 spiro atoms. The molecule has 18 heavy (non-hydrogen) atoms. The molecule has 0 saturated carbocycles. The van der Waals surface area contributed by atoms with E-state index in [-0.39, 0.29) is 13.2 Å². The summed E-state index contributed by atoms with van der Waals surface area (Å²) in [5, 5.41) is 6.82. The summed E-state index contributed by atoms with van der Waals surface area (Å²) in [7, 11) is 3.17. The lowest BCUT2D eigenvalue weighted by Gasteiger charge is -2.06. The second-order valence-corrected chi connectivity index (χ2v) is 3.81. The summed E-state index contributed by atoms with van der Waals surface area (Å²) in [5.41, 5.74) is 2.20. The molecule has 1 heterocycles. The maximum atomic E-state index is 11.6. The predicted octanol–water partition coefficient (Wildman–Crippen LogP) is 0.165. The quantitative estimate of drug-likeness (QED) is 0.758. The lowest BCUT2D eigenvalue weighted by Crippen LogP contribution is -2.23. The van der Waals surface area contributed by atoms with E-state index in [1.54, 1.807) is 18.7 Å². The molecule has 0 aromatic carbocycles. The second kappa shape index (κ2) is 6.15. The average molecular weight is 255 g/mol. The molecule has 1 amide bonds. The first-order valence-electron chi connectivity index (χ1n) is 5.40. The van der Waals surface area contributed by atoms with Crippen molar-refractivity contribution in [2.24, 2.45) is 7.05 Å². The lowest BCUT2D eigenvalue weighted by atomic mass is 10.3. The van der Waals surface area contributed by atoms with Crippen molar-refractivity contribution in [1.82, 2.24) is 9.78 Å². The van der Waals surface area contributed by atoms with Crippen LogP contribution in [-0.4, -0.2) is 42.0 Å². The third kappa shape index (κ3) is 3.56. The molecular formula is C11H17N3O4. The number of esters is 1. The molecule has 1 N–H and O–H groups in total. The maximum absolute atomic E-state index is 11.6. The molecule has 0 atom stereocenters. The van der Waals surface area contributed by atoms with E-state index in [0.717, 1.165) is 5.69 Å². The van der Waals surface area contributed by atoms with Crippen LogP contribution in [0.4, 0.5) is 5.69 Å². The Hall–Kier alpha value is -1.89. The number of hydrogen-bond donors (Lipinski definition) is 1. The molecule has 0 radical (unpaired) electrons. The zero-order valence-corrected chi connectivity index (χ0v) is 10.9. The molecule has 0 bridgehead atoms. The molecule has 0 fully saturated rings. The van der Waals surface area contributed by atoms with Gasteiger partial charge in [0.1, 0.15) is 6.61 Å². The third-order valence-corrected chi connectivity index (χ3v) is 2.40. The molecule has 0 aliphatic carbocycles. The monoisotopic (exact) mass is 255 g/mol. The van der Waals surface area contributed by atoms with Crippen LogP contribution in [-0.2, 0) is 26.1 Å². The highest BCUT2D eigenvalue weighted by molar-refractivity contribution is 5.93. The first-order valence-corrected chi connectivity index (χ1v) is 5.40. The van der Waals surface area contributed by atoms with Gasteiger partial charge in [-0.15, -0.1) is 0 Å². The Morgan fingerprint density at radius 2 is 2.00 bits per heavy atom. The highest BCUT2D eigenvalue weighted by Crippen LogP contribution is 2.17. The van der Waals surface area contributed by atoms with E-state index in [9.17, 15) is 9.59 Å². The number of carbonyl (C=O) groups is 2. The SMILES string of the molecule is COCC(=O)OCC(=O)Nc1c(C)nn(C)c1C. The summed E-state index contributed by atoms with van der Waals surface area (Å²) >= 11 is 0. The summed E-state index contributed by atoms with van der Waals surface area (Å²) in [5.74, 6) is -0.981. The number of anilines is 1. The molecule has 0 aliphatic heterocycles. The smallest absolute Gasteiger partial charge is 0.332 e. The van der Waals surface area contributed by atoms with Crippen molar-refractivity contribution < 1.29 is 19.1 Å². The van der Waals surface area contributed by atoms with Crippen LogP contribution < -0.4 is 5.32 Å². The Labute approximate surface area is 105 Å². The predicted molar refractivity (Wildman–Crippen MR) is 64.1 cm³/mol. The first kappa shape index (κ1) is 14.2. The van der Waals surface area contributed by atoms with E-state index in [2.05, 4.69) is 15.2 Å². The van der Waals surface area contributed by atoms with Crippen LogP contribution in [0.1, 0.15) is 11.4 Å². The minimum Gasteiger partial charge on any atom is -0.454 e. The second-order valence-electron chi connectivity index (χ2n) is 3.81. The number of aromatic nitrogens is 2. The van der Waals surface area contributed by atoms with Crippen LogP contribution >= 0.6 is 0 Å². The van der Waals surface area contributed by atoms with Crippen LogP contribution in [0.25, 0.3) is 0 Å². The van der Waals surface area contributed by atoms with E-state index < -0.39 is 11.9 Å². The van der Waals surface area contributed by atoms with Gasteiger partial charge in [-0.05, 0) is 13.8 Å². The van der Waals surface area contributed by atoms with Crippen LogP contribution in [0, 0.1) is 13.8 Å². The van der Waals surface area contributed by atoms with Gasteiger partial charge in [0.2, 0.25) is 0 Å². The molecule has 1 aromatic rings. The Kier molecular flexibility index (Phi) is 4.85. The number of hydrogen-bond acceptors (Lipinski definition) is 5. The van der Waals surface area contributed by atoms with Gasteiger partial charge < -0.3 is 14.8 Å². The molecule has 100 valence electrons. The fourth-order valence-corrected chi connectivity index (χ4v) is 1.44. The highest BCUT2D eigenvalue weighted by atomic mass is 16.6. The Bertz CT molecular complexity index is 453. The zero-order valence-electron chi connectivity index (χ0n) is 10.9. The van der Waals surface area contributed by atoms with Crippen LogP contribution in [0.2, 0.25) is 0 Å². The van der Waals surface area contributed by atoms with Crippen molar-refractivity contribution in [1.29, 1.82) is 0 Å². The van der Waals surface area contributed by atoms with Crippen LogP contribution in [0.3, 0.4) is 0 Å². The van der Waals surface area contributed by atoms with Crippen molar-refractivity contribution in [2.75, 3.05) is 25.6 Å². The van der Waals surface area contributed by atoms with E-state index in [1.165, 1.54) is 7.11 Å². The number of rotatable bonds is 5. The minimum atomic E-state index is -0.577. The van der Waals surface area contributed by atoms with Crippen LogP contribution in [0.5, 0.6) is 0 Å². The summed E-state index contributed by atoms with van der Waals surface area (Å²) < 4.78 is 10.9. The molecule has 1 rings (SSSR count). The standard InChI is InChI=1S/C11H17N3O4/c1-7-11(8(2)14(3)13-7)12-9(15)5-18-10(16)6-17-4/h5-6H2,1-4H3,(H,12,15). The lowest BCUT2D eigenvalue weighted by molar-refractivity contribution is -0.150. The van der Waals surface area contributed by atoms with E-state index >= 15 is 0 Å². The van der Waals surface area contributed by atoms with Crippen molar-refractivity contribution >= 4 is 17.6 Å². The van der Waals surface area contributed by atoms with Gasteiger partial charge in [-0.2, -0.15) is 5.10 Å². The third-order valence-electron chi connectivity index (χ3n) is 2.40. The summed E-state index contributed by atoms with van der Waals surface area (Å²) in [6.07, 6.45) is 0. The van der Waals surface area contributed by atoms with Gasteiger partial charge in [0.25, 0.3) is 5.91 Å². The number of nitrogens with zero attached hydrogens (tertiary/aromatic N) is 2. The van der Waals surface area contributed by atoms with Gasteiger partial charge in [0, 0.05) is 14.2 Å². The van der Waals surface area contributed by atoms with E-state index in [4.69, 9.17) is 4.74 Å². The topological polar surface area (TPSA) is 82.4 Å². The molecule has 0 unspecified atom stereocenters. The molecule has 1 aromatic heterocycles. The molecule has 0 saturated heterocycles. The zero-order chi connectivity index (χ0) is 13.7. The number of aryl methyl sites for hydroxylation is 2. The largest absolute Gasteiger partial charge is 0.454 e. The number of ether oxygens (including phenoxy) is 2. The Balaban J connectivity index is 2.52. The van der Waals surface area contributed by atoms with Gasteiger partial charge in [-0.3, -0.25) is 9.48 Å². The fourth-order valence-electron chi connectivity index (χ4n) is 1.44. The van der Waals surface area contributed by atoms with Crippen molar-refractivity contribution in [3.05, 3.63) is 11.4 Å². The summed E-state index contributed by atoms with van der Waals surface area (Å²) in [6, 6.07) is 0. The van der Waals surface area contributed by atoms with Gasteiger partial charge in [-0.25, -0.2) is 4.79 Å². The van der Waals surface area contributed by atoms with E-state index in [1.807, 2.05) is 6.92 Å². The summed E-state index contributed by atoms with van der Waals surface area (Å²) in [4.78, 5) is 22.6. The highest BCUT2D eigenvalue weighted by Gasteiger charge is 2.13. The van der Waals surface area contributed by atoms with Crippen molar-refractivity contribution in [2.45, 2.75) is 13.8 Å². The number of carbonyl (C=O) groups excluding carboxylic acids is 2. The molecule has 0 aliphatic rings. The van der Waals surface area contributed by atoms with Gasteiger partial charge >= 0.3 is 5.97 Å².